The number of hydrogen-bond donors (Lipinski definition) is 1. The summed E-state index contributed by atoms with van der Waals surface area (Å²) in [5.41, 5.74) is 0. The highest BCUT2D eigenvalue weighted by Gasteiger charge is 2.33. The summed E-state index contributed by atoms with van der Waals surface area (Å²) in [7, 11) is -0.475. The summed E-state index contributed by atoms with van der Waals surface area (Å²) in [6.07, 6.45) is 1.37. The van der Waals surface area contributed by atoms with Crippen LogP contribution in [0.3, 0.4) is 0 Å². The number of rotatable bonds is 7. The van der Waals surface area contributed by atoms with Crippen LogP contribution in [0, 0.1) is 5.92 Å². The standard InChI is InChI=1S/C17H27N3O4S/c1-14(13-24-16-9-5-4-6-10-16)18-17(21)15-8-7-11-20(12-15)25(22,23)19(2)3/h4-6,9-10,14-15H,7-8,11-13H2,1-3H3,(H,18,21)/t14-,15-/m0/s1. The predicted molar refractivity (Wildman–Crippen MR) is 96.4 cm³/mol. The Hall–Kier alpha value is -1.64. The molecule has 8 heteroatoms. The van der Waals surface area contributed by atoms with Crippen LogP contribution in [0.25, 0.3) is 0 Å². The van der Waals surface area contributed by atoms with Gasteiger partial charge in [0.1, 0.15) is 12.4 Å². The van der Waals surface area contributed by atoms with Crippen molar-refractivity contribution in [1.82, 2.24) is 13.9 Å². The van der Waals surface area contributed by atoms with Crippen molar-refractivity contribution in [2.75, 3.05) is 33.8 Å². The fourth-order valence-corrected chi connectivity index (χ4v) is 3.93. The molecule has 2 rings (SSSR count). The molecule has 0 spiro atoms. The molecule has 0 aliphatic carbocycles. The molecule has 1 aromatic carbocycles. The molecule has 1 heterocycles. The molecule has 0 unspecified atom stereocenters. The van der Waals surface area contributed by atoms with Gasteiger partial charge in [-0.2, -0.15) is 17.0 Å². The highest BCUT2D eigenvalue weighted by Crippen LogP contribution is 2.20. The minimum atomic E-state index is -3.48. The molecule has 0 saturated carbocycles. The molecule has 1 aliphatic rings. The summed E-state index contributed by atoms with van der Waals surface area (Å²) in [4.78, 5) is 12.5. The summed E-state index contributed by atoms with van der Waals surface area (Å²) in [6.45, 7) is 2.91. The first-order valence-corrected chi connectivity index (χ1v) is 9.86. The molecular formula is C17H27N3O4S. The first kappa shape index (κ1) is 19.7. The van der Waals surface area contributed by atoms with E-state index in [9.17, 15) is 13.2 Å². The van der Waals surface area contributed by atoms with Gasteiger partial charge < -0.3 is 10.1 Å². The van der Waals surface area contributed by atoms with Crippen molar-refractivity contribution in [2.24, 2.45) is 5.92 Å². The Labute approximate surface area is 150 Å². The summed E-state index contributed by atoms with van der Waals surface area (Å²) < 4.78 is 32.7. The molecule has 1 aromatic rings. The Kier molecular flexibility index (Phi) is 6.80. The Morgan fingerprint density at radius 1 is 1.36 bits per heavy atom. The van der Waals surface area contributed by atoms with Crippen LogP contribution in [-0.2, 0) is 15.0 Å². The van der Waals surface area contributed by atoms with E-state index >= 15 is 0 Å². The predicted octanol–water partition coefficient (Wildman–Crippen LogP) is 1.09. The van der Waals surface area contributed by atoms with Gasteiger partial charge in [0, 0.05) is 27.2 Å². The zero-order valence-electron chi connectivity index (χ0n) is 15.0. The molecule has 1 amide bonds. The molecule has 2 atom stereocenters. The molecule has 1 fully saturated rings. The molecule has 0 aromatic heterocycles. The van der Waals surface area contributed by atoms with Crippen molar-refractivity contribution >= 4 is 16.1 Å². The molecule has 140 valence electrons. The lowest BCUT2D eigenvalue weighted by atomic mass is 9.98. The van der Waals surface area contributed by atoms with Crippen molar-refractivity contribution in [2.45, 2.75) is 25.8 Å². The van der Waals surface area contributed by atoms with Gasteiger partial charge in [-0.25, -0.2) is 0 Å². The van der Waals surface area contributed by atoms with Crippen LogP contribution < -0.4 is 10.1 Å². The van der Waals surface area contributed by atoms with Gasteiger partial charge in [0.15, 0.2) is 0 Å². The molecule has 0 bridgehead atoms. The maximum atomic E-state index is 12.5. The molecule has 25 heavy (non-hydrogen) atoms. The molecular weight excluding hydrogens is 342 g/mol. The Bertz CT molecular complexity index is 664. The van der Waals surface area contributed by atoms with Crippen LogP contribution in [0.4, 0.5) is 0 Å². The highest BCUT2D eigenvalue weighted by atomic mass is 32.2. The largest absolute Gasteiger partial charge is 0.491 e. The highest BCUT2D eigenvalue weighted by molar-refractivity contribution is 7.86. The minimum Gasteiger partial charge on any atom is -0.491 e. The van der Waals surface area contributed by atoms with Crippen LogP contribution in [0.2, 0.25) is 0 Å². The van der Waals surface area contributed by atoms with E-state index in [0.717, 1.165) is 5.75 Å². The third-order valence-corrected chi connectivity index (χ3v) is 6.08. The number of para-hydroxylation sites is 1. The lowest BCUT2D eigenvalue weighted by Gasteiger charge is -2.33. The summed E-state index contributed by atoms with van der Waals surface area (Å²) >= 11 is 0. The van der Waals surface area contributed by atoms with E-state index < -0.39 is 10.2 Å². The van der Waals surface area contributed by atoms with Crippen LogP contribution in [0.15, 0.2) is 30.3 Å². The van der Waals surface area contributed by atoms with E-state index in [1.54, 1.807) is 0 Å². The van der Waals surface area contributed by atoms with Crippen LogP contribution in [0.5, 0.6) is 5.75 Å². The molecule has 7 nitrogen and oxygen atoms in total. The second-order valence-corrected chi connectivity index (χ2v) is 8.66. The summed E-state index contributed by atoms with van der Waals surface area (Å²) in [5, 5.41) is 2.92. The topological polar surface area (TPSA) is 79.0 Å². The van der Waals surface area contributed by atoms with Gasteiger partial charge in [-0.15, -0.1) is 0 Å². The van der Waals surface area contributed by atoms with Crippen LogP contribution in [0.1, 0.15) is 19.8 Å². The van der Waals surface area contributed by atoms with Gasteiger partial charge in [-0.1, -0.05) is 18.2 Å². The van der Waals surface area contributed by atoms with Gasteiger partial charge in [0.2, 0.25) is 5.91 Å². The zero-order valence-corrected chi connectivity index (χ0v) is 15.8. The Morgan fingerprint density at radius 2 is 2.04 bits per heavy atom. The van der Waals surface area contributed by atoms with Crippen LogP contribution in [-0.4, -0.2) is 62.8 Å². The van der Waals surface area contributed by atoms with Crippen molar-refractivity contribution in [3.8, 4) is 5.75 Å². The monoisotopic (exact) mass is 369 g/mol. The quantitative estimate of drug-likeness (QED) is 0.780. The van der Waals surface area contributed by atoms with E-state index in [1.165, 1.54) is 22.7 Å². The Morgan fingerprint density at radius 3 is 2.68 bits per heavy atom. The van der Waals surface area contributed by atoms with E-state index in [-0.39, 0.29) is 24.4 Å². The van der Waals surface area contributed by atoms with E-state index in [1.807, 2.05) is 37.3 Å². The number of nitrogens with zero attached hydrogens (tertiary/aromatic N) is 2. The number of piperidine rings is 1. The zero-order chi connectivity index (χ0) is 18.4. The third-order valence-electron chi connectivity index (χ3n) is 4.17. The minimum absolute atomic E-state index is 0.122. The van der Waals surface area contributed by atoms with Gasteiger partial charge in [0.05, 0.1) is 12.0 Å². The lowest BCUT2D eigenvalue weighted by molar-refractivity contribution is -0.126. The molecule has 1 aliphatic heterocycles. The number of carbonyl (C=O) groups excluding carboxylic acids is 1. The van der Waals surface area contributed by atoms with Crippen molar-refractivity contribution in [3.63, 3.8) is 0 Å². The number of benzene rings is 1. The number of hydrogen-bond acceptors (Lipinski definition) is 4. The lowest BCUT2D eigenvalue weighted by Crippen LogP contribution is -2.50. The average molecular weight is 369 g/mol. The van der Waals surface area contributed by atoms with Gasteiger partial charge >= 0.3 is 0 Å². The number of amides is 1. The maximum Gasteiger partial charge on any atom is 0.281 e. The molecule has 0 radical (unpaired) electrons. The Balaban J connectivity index is 1.85. The van der Waals surface area contributed by atoms with Crippen molar-refractivity contribution in [3.05, 3.63) is 30.3 Å². The first-order valence-electron chi connectivity index (χ1n) is 8.46. The fraction of sp³-hybridized carbons (Fsp3) is 0.588. The third kappa shape index (κ3) is 5.42. The maximum absolute atomic E-state index is 12.5. The molecule has 1 saturated heterocycles. The number of carbonyl (C=O) groups is 1. The summed E-state index contributed by atoms with van der Waals surface area (Å²) in [6, 6.07) is 9.25. The second-order valence-electron chi connectivity index (χ2n) is 6.52. The summed E-state index contributed by atoms with van der Waals surface area (Å²) in [5.74, 6) is 0.301. The first-order chi connectivity index (χ1) is 11.8. The van der Waals surface area contributed by atoms with Crippen molar-refractivity contribution < 1.29 is 17.9 Å². The van der Waals surface area contributed by atoms with Crippen LogP contribution >= 0.6 is 0 Å². The van der Waals surface area contributed by atoms with Gasteiger partial charge in [-0.05, 0) is 31.9 Å². The normalized spacial score (nSPS) is 20.2. The smallest absolute Gasteiger partial charge is 0.281 e. The second kappa shape index (κ2) is 8.64. The van der Waals surface area contributed by atoms with E-state index in [2.05, 4.69) is 5.32 Å². The molecule has 1 N–H and O–H groups in total. The fourth-order valence-electron chi connectivity index (χ4n) is 2.74. The van der Waals surface area contributed by atoms with Gasteiger partial charge in [-0.3, -0.25) is 4.79 Å². The van der Waals surface area contributed by atoms with Crippen molar-refractivity contribution in [1.29, 1.82) is 0 Å². The van der Waals surface area contributed by atoms with Gasteiger partial charge in [0.25, 0.3) is 10.2 Å². The number of nitrogens with one attached hydrogen (secondary N) is 1. The number of ether oxygens (including phenoxy) is 1. The average Bonchev–Trinajstić information content (AvgIpc) is 2.60. The van der Waals surface area contributed by atoms with E-state index in [0.29, 0.717) is 26.0 Å². The van der Waals surface area contributed by atoms with E-state index in [4.69, 9.17) is 4.74 Å². The SMILES string of the molecule is C[C@@H](COc1ccccc1)NC(=O)[C@H]1CCCN(S(=O)(=O)N(C)C)C1.